The van der Waals surface area contributed by atoms with E-state index in [1.807, 2.05) is 30.3 Å². The average Bonchev–Trinajstić information content (AvgIpc) is 2.77. The number of piperazine rings is 1. The Morgan fingerprint density at radius 3 is 2.59 bits per heavy atom. The summed E-state index contributed by atoms with van der Waals surface area (Å²) in [6.45, 7) is 3.47. The largest absolute Gasteiger partial charge is 0.489 e. The first-order chi connectivity index (χ1) is 14.2. The minimum absolute atomic E-state index is 0.0941. The number of nitrogens with one attached hydrogen (secondary N) is 1. The smallest absolute Gasteiger partial charge is 0.317 e. The van der Waals surface area contributed by atoms with Crippen molar-refractivity contribution in [1.82, 2.24) is 15.2 Å². The van der Waals surface area contributed by atoms with Crippen LogP contribution in [0, 0.1) is 5.82 Å². The Kier molecular flexibility index (Phi) is 5.74. The van der Waals surface area contributed by atoms with Gasteiger partial charge < -0.3 is 19.9 Å². The van der Waals surface area contributed by atoms with Gasteiger partial charge in [0.25, 0.3) is 0 Å². The number of para-hydroxylation sites is 1. The summed E-state index contributed by atoms with van der Waals surface area (Å²) in [5.74, 6) is 0.471. The highest BCUT2D eigenvalue weighted by molar-refractivity contribution is 5.84. The fraction of sp³-hybridized carbons (Fsp3) is 0.273. The molecule has 1 aromatic heterocycles. The minimum Gasteiger partial charge on any atom is -0.489 e. The molecule has 0 saturated carbocycles. The molecule has 0 spiro atoms. The number of rotatable bonds is 5. The molecular weight excluding hydrogens is 371 g/mol. The SMILES string of the molecule is O=C(NCCOc1cccc2cccnc12)N1CCN(c2ccc(F)cc2)CC1. The van der Waals surface area contributed by atoms with E-state index in [0.717, 1.165) is 29.7 Å². The first-order valence-corrected chi connectivity index (χ1v) is 9.70. The van der Waals surface area contributed by atoms with Crippen LogP contribution >= 0.6 is 0 Å². The van der Waals surface area contributed by atoms with Gasteiger partial charge in [0.2, 0.25) is 0 Å². The number of anilines is 1. The molecule has 1 fully saturated rings. The average molecular weight is 394 g/mol. The molecule has 150 valence electrons. The molecule has 1 aliphatic rings. The fourth-order valence-electron chi connectivity index (χ4n) is 3.44. The first kappa shape index (κ1) is 19.0. The maximum atomic E-state index is 13.1. The zero-order valence-electron chi connectivity index (χ0n) is 16.1. The van der Waals surface area contributed by atoms with Crippen molar-refractivity contribution in [2.75, 3.05) is 44.2 Å². The summed E-state index contributed by atoms with van der Waals surface area (Å²) >= 11 is 0. The van der Waals surface area contributed by atoms with E-state index in [1.54, 1.807) is 23.2 Å². The number of carbonyl (C=O) groups is 1. The molecule has 3 aromatic rings. The lowest BCUT2D eigenvalue weighted by Gasteiger charge is -2.36. The fourth-order valence-corrected chi connectivity index (χ4v) is 3.44. The molecule has 1 N–H and O–H groups in total. The molecule has 2 amide bonds. The summed E-state index contributed by atoms with van der Waals surface area (Å²) < 4.78 is 18.9. The van der Waals surface area contributed by atoms with Crippen molar-refractivity contribution in [2.45, 2.75) is 0 Å². The van der Waals surface area contributed by atoms with Gasteiger partial charge in [-0.2, -0.15) is 0 Å². The number of benzene rings is 2. The van der Waals surface area contributed by atoms with Crippen LogP contribution in [0.4, 0.5) is 14.9 Å². The van der Waals surface area contributed by atoms with Crippen LogP contribution in [0.5, 0.6) is 5.75 Å². The molecule has 7 heteroatoms. The highest BCUT2D eigenvalue weighted by Crippen LogP contribution is 2.22. The highest BCUT2D eigenvalue weighted by atomic mass is 19.1. The molecule has 2 heterocycles. The second-order valence-electron chi connectivity index (χ2n) is 6.86. The Hall–Kier alpha value is -3.35. The number of fused-ring (bicyclic) bond motifs is 1. The quantitative estimate of drug-likeness (QED) is 0.675. The lowest BCUT2D eigenvalue weighted by molar-refractivity contribution is 0.191. The predicted octanol–water partition coefficient (Wildman–Crippen LogP) is 3.28. The van der Waals surface area contributed by atoms with Crippen LogP contribution in [0.15, 0.2) is 60.8 Å². The standard InChI is InChI=1S/C22H23FN4O2/c23-18-6-8-19(9-7-18)26-12-14-27(15-13-26)22(28)25-11-16-29-20-5-1-3-17-4-2-10-24-21(17)20/h1-10H,11-16H2,(H,25,28). The molecule has 4 rings (SSSR count). The monoisotopic (exact) mass is 394 g/mol. The molecule has 0 aliphatic carbocycles. The van der Waals surface area contributed by atoms with E-state index < -0.39 is 0 Å². The van der Waals surface area contributed by atoms with Crippen LogP contribution in [-0.4, -0.2) is 55.2 Å². The van der Waals surface area contributed by atoms with E-state index >= 15 is 0 Å². The summed E-state index contributed by atoms with van der Waals surface area (Å²) in [4.78, 5) is 20.7. The summed E-state index contributed by atoms with van der Waals surface area (Å²) in [6.07, 6.45) is 1.74. The van der Waals surface area contributed by atoms with E-state index in [4.69, 9.17) is 4.74 Å². The zero-order valence-corrected chi connectivity index (χ0v) is 16.1. The normalized spacial score (nSPS) is 14.1. The molecule has 0 bridgehead atoms. The Labute approximate surface area is 168 Å². The Bertz CT molecular complexity index is 967. The van der Waals surface area contributed by atoms with E-state index in [-0.39, 0.29) is 11.8 Å². The van der Waals surface area contributed by atoms with E-state index in [1.165, 1.54) is 12.1 Å². The molecule has 2 aromatic carbocycles. The van der Waals surface area contributed by atoms with Crippen molar-refractivity contribution in [2.24, 2.45) is 0 Å². The second kappa shape index (κ2) is 8.77. The number of amides is 2. The van der Waals surface area contributed by atoms with Gasteiger partial charge in [-0.15, -0.1) is 0 Å². The lowest BCUT2D eigenvalue weighted by Crippen LogP contribution is -2.52. The minimum atomic E-state index is -0.242. The number of halogens is 1. The number of nitrogens with zero attached hydrogens (tertiary/aromatic N) is 3. The number of hydrogen-bond acceptors (Lipinski definition) is 4. The number of ether oxygens (including phenoxy) is 1. The maximum Gasteiger partial charge on any atom is 0.317 e. The van der Waals surface area contributed by atoms with Crippen LogP contribution in [-0.2, 0) is 0 Å². The number of aromatic nitrogens is 1. The van der Waals surface area contributed by atoms with Gasteiger partial charge in [-0.25, -0.2) is 9.18 Å². The van der Waals surface area contributed by atoms with E-state index in [2.05, 4.69) is 15.2 Å². The van der Waals surface area contributed by atoms with Gasteiger partial charge >= 0.3 is 6.03 Å². The molecule has 29 heavy (non-hydrogen) atoms. The third-order valence-corrected chi connectivity index (χ3v) is 4.99. The van der Waals surface area contributed by atoms with Crippen LogP contribution < -0.4 is 15.0 Å². The summed E-state index contributed by atoms with van der Waals surface area (Å²) in [6, 6.07) is 16.0. The van der Waals surface area contributed by atoms with Gasteiger partial charge in [-0.3, -0.25) is 4.98 Å². The predicted molar refractivity (Wildman–Crippen MR) is 111 cm³/mol. The molecule has 1 aliphatic heterocycles. The van der Waals surface area contributed by atoms with Gasteiger partial charge in [0, 0.05) is 43.4 Å². The second-order valence-corrected chi connectivity index (χ2v) is 6.86. The van der Waals surface area contributed by atoms with E-state index in [0.29, 0.717) is 32.0 Å². The maximum absolute atomic E-state index is 13.1. The van der Waals surface area contributed by atoms with Gasteiger partial charge in [0.05, 0.1) is 6.54 Å². The third-order valence-electron chi connectivity index (χ3n) is 4.99. The Morgan fingerprint density at radius 1 is 1.03 bits per heavy atom. The summed E-state index contributed by atoms with van der Waals surface area (Å²) in [5, 5.41) is 3.93. The molecule has 0 unspecified atom stereocenters. The van der Waals surface area contributed by atoms with Crippen molar-refractivity contribution >= 4 is 22.6 Å². The van der Waals surface area contributed by atoms with Crippen molar-refractivity contribution in [1.29, 1.82) is 0 Å². The van der Waals surface area contributed by atoms with Gasteiger partial charge in [0.1, 0.15) is 23.7 Å². The lowest BCUT2D eigenvalue weighted by atomic mass is 10.2. The zero-order chi connectivity index (χ0) is 20.1. The van der Waals surface area contributed by atoms with Crippen LogP contribution in [0.1, 0.15) is 0 Å². The van der Waals surface area contributed by atoms with E-state index in [9.17, 15) is 9.18 Å². The number of pyridine rings is 1. The first-order valence-electron chi connectivity index (χ1n) is 9.70. The van der Waals surface area contributed by atoms with Crippen LogP contribution in [0.3, 0.4) is 0 Å². The Morgan fingerprint density at radius 2 is 1.79 bits per heavy atom. The van der Waals surface area contributed by atoms with Gasteiger partial charge in [-0.05, 0) is 36.4 Å². The van der Waals surface area contributed by atoms with Crippen molar-refractivity contribution in [3.05, 3.63) is 66.6 Å². The molecule has 1 saturated heterocycles. The van der Waals surface area contributed by atoms with Gasteiger partial charge in [0.15, 0.2) is 0 Å². The van der Waals surface area contributed by atoms with Gasteiger partial charge in [-0.1, -0.05) is 18.2 Å². The molecular formula is C22H23FN4O2. The number of urea groups is 1. The van der Waals surface area contributed by atoms with Crippen LogP contribution in [0.2, 0.25) is 0 Å². The molecule has 6 nitrogen and oxygen atoms in total. The molecule has 0 radical (unpaired) electrons. The number of hydrogen-bond donors (Lipinski definition) is 1. The van der Waals surface area contributed by atoms with Crippen LogP contribution in [0.25, 0.3) is 10.9 Å². The highest BCUT2D eigenvalue weighted by Gasteiger charge is 2.21. The van der Waals surface area contributed by atoms with Crippen molar-refractivity contribution < 1.29 is 13.9 Å². The van der Waals surface area contributed by atoms with Crippen molar-refractivity contribution in [3.8, 4) is 5.75 Å². The molecule has 0 atom stereocenters. The number of carbonyl (C=O) groups excluding carboxylic acids is 1. The Balaban J connectivity index is 1.22. The third kappa shape index (κ3) is 4.56. The summed E-state index contributed by atoms with van der Waals surface area (Å²) in [5.41, 5.74) is 1.79. The topological polar surface area (TPSA) is 57.7 Å². The summed E-state index contributed by atoms with van der Waals surface area (Å²) in [7, 11) is 0. The van der Waals surface area contributed by atoms with Crippen molar-refractivity contribution in [3.63, 3.8) is 0 Å².